The van der Waals surface area contributed by atoms with Gasteiger partial charge in [-0.25, -0.2) is 0 Å². The highest BCUT2D eigenvalue weighted by Gasteiger charge is 2.27. The molecule has 5 nitrogen and oxygen atoms in total. The summed E-state index contributed by atoms with van der Waals surface area (Å²) in [6, 6.07) is 13.8. The molecule has 0 heterocycles. The van der Waals surface area contributed by atoms with Gasteiger partial charge in [-0.15, -0.1) is 0 Å². The van der Waals surface area contributed by atoms with E-state index in [9.17, 15) is 4.79 Å². The van der Waals surface area contributed by atoms with E-state index in [4.69, 9.17) is 21.7 Å². The molecule has 2 aromatic rings. The second kappa shape index (κ2) is 14.7. The zero-order chi connectivity index (χ0) is 25.7. The molecule has 2 rings (SSSR count). The molecule has 6 heteroatoms. The number of nitrogens with one attached hydrogen (secondary N) is 2. The number of carbonyl (C=O) groups excluding carboxylic acids is 1. The fourth-order valence-corrected chi connectivity index (χ4v) is 3.85. The van der Waals surface area contributed by atoms with Crippen molar-refractivity contribution in [2.24, 2.45) is 5.41 Å². The molecule has 1 amide bonds. The maximum Gasteiger partial charge on any atom is 0.231 e. The van der Waals surface area contributed by atoms with Crippen LogP contribution in [0.2, 0.25) is 0 Å². The number of rotatable bonds is 14. The molecule has 35 heavy (non-hydrogen) atoms. The Morgan fingerprint density at radius 1 is 0.914 bits per heavy atom. The van der Waals surface area contributed by atoms with E-state index in [0.29, 0.717) is 18.1 Å². The van der Waals surface area contributed by atoms with Gasteiger partial charge in [-0.2, -0.15) is 0 Å². The van der Waals surface area contributed by atoms with Crippen LogP contribution in [-0.4, -0.2) is 24.2 Å². The number of aryl methyl sites for hydroxylation is 2. The monoisotopic (exact) mass is 498 g/mol. The first-order valence-corrected chi connectivity index (χ1v) is 13.2. The van der Waals surface area contributed by atoms with Gasteiger partial charge in [-0.3, -0.25) is 4.79 Å². The van der Waals surface area contributed by atoms with Gasteiger partial charge in [-0.1, -0.05) is 58.6 Å². The third-order valence-electron chi connectivity index (χ3n) is 6.02. The van der Waals surface area contributed by atoms with Crippen LogP contribution in [0.25, 0.3) is 0 Å². The molecule has 0 saturated heterocycles. The van der Waals surface area contributed by atoms with E-state index < -0.39 is 5.41 Å². The van der Waals surface area contributed by atoms with Gasteiger partial charge in [0.05, 0.1) is 13.2 Å². The van der Waals surface area contributed by atoms with Crippen LogP contribution >= 0.6 is 12.2 Å². The summed E-state index contributed by atoms with van der Waals surface area (Å²) < 4.78 is 11.7. The maximum absolute atomic E-state index is 12.8. The van der Waals surface area contributed by atoms with Crippen molar-refractivity contribution >= 4 is 28.9 Å². The number of ether oxygens (including phenoxy) is 2. The van der Waals surface area contributed by atoms with Gasteiger partial charge in [0.15, 0.2) is 5.11 Å². The first kappa shape index (κ1) is 28.6. The number of hydrogen-bond donors (Lipinski definition) is 2. The number of thiocarbonyl (C=S) groups is 1. The molecule has 0 spiro atoms. The van der Waals surface area contributed by atoms with Crippen LogP contribution in [0, 0.1) is 19.3 Å². The standard InChI is InChI=1S/C29H42N2O3S/c1-6-7-8-9-10-19-33-25-16-14-24(15-17-25)30-28(35)31-27(32)29(4,5)18-11-20-34-26-21-22(2)12-13-23(26)3/h12-17,21H,6-11,18-20H2,1-5H3,(H2,30,31,32,35). The van der Waals surface area contributed by atoms with E-state index in [1.165, 1.54) is 31.2 Å². The van der Waals surface area contributed by atoms with Crippen molar-refractivity contribution < 1.29 is 14.3 Å². The molecule has 0 unspecified atom stereocenters. The lowest BCUT2D eigenvalue weighted by Crippen LogP contribution is -2.42. The van der Waals surface area contributed by atoms with Crippen LogP contribution in [0.15, 0.2) is 42.5 Å². The highest BCUT2D eigenvalue weighted by molar-refractivity contribution is 7.80. The fraction of sp³-hybridized carbons (Fsp3) is 0.517. The average molecular weight is 499 g/mol. The Hall–Kier alpha value is -2.60. The van der Waals surface area contributed by atoms with Crippen molar-refractivity contribution in [3.05, 3.63) is 53.6 Å². The normalized spacial score (nSPS) is 11.1. The van der Waals surface area contributed by atoms with E-state index in [-0.39, 0.29) is 5.91 Å². The minimum absolute atomic E-state index is 0.107. The summed E-state index contributed by atoms with van der Waals surface area (Å²) in [5, 5.41) is 6.20. The molecule has 0 aliphatic heterocycles. The second-order valence-electron chi connectivity index (χ2n) is 9.80. The second-order valence-corrected chi connectivity index (χ2v) is 10.2. The highest BCUT2D eigenvalue weighted by atomic mass is 32.1. The smallest absolute Gasteiger partial charge is 0.231 e. The van der Waals surface area contributed by atoms with Gasteiger partial charge in [0.2, 0.25) is 5.91 Å². The van der Waals surface area contributed by atoms with Crippen molar-refractivity contribution in [2.75, 3.05) is 18.5 Å². The van der Waals surface area contributed by atoms with Gasteiger partial charge in [-0.05, 0) is 86.8 Å². The Bertz CT molecular complexity index is 941. The quantitative estimate of drug-likeness (QED) is 0.211. The molecule has 0 aliphatic carbocycles. The highest BCUT2D eigenvalue weighted by Crippen LogP contribution is 2.24. The van der Waals surface area contributed by atoms with Crippen molar-refractivity contribution in [3.63, 3.8) is 0 Å². The topological polar surface area (TPSA) is 59.6 Å². The number of anilines is 1. The number of unbranched alkanes of at least 4 members (excludes halogenated alkanes) is 4. The number of amides is 1. The van der Waals surface area contributed by atoms with Gasteiger partial charge < -0.3 is 20.1 Å². The summed E-state index contributed by atoms with van der Waals surface area (Å²) in [6.45, 7) is 11.5. The molecule has 2 N–H and O–H groups in total. The summed E-state index contributed by atoms with van der Waals surface area (Å²) in [5.41, 5.74) is 2.54. The molecule has 0 atom stereocenters. The first-order chi connectivity index (χ1) is 16.7. The molecule has 0 aromatic heterocycles. The number of benzene rings is 2. The molecule has 0 radical (unpaired) electrons. The van der Waals surface area contributed by atoms with E-state index in [1.54, 1.807) is 0 Å². The maximum atomic E-state index is 12.8. The number of carbonyl (C=O) groups is 1. The van der Waals surface area contributed by atoms with Crippen molar-refractivity contribution in [1.82, 2.24) is 5.32 Å². The summed E-state index contributed by atoms with van der Waals surface area (Å²) in [5.74, 6) is 1.64. The van der Waals surface area contributed by atoms with E-state index in [1.807, 2.05) is 51.1 Å². The number of hydrogen-bond acceptors (Lipinski definition) is 4. The van der Waals surface area contributed by atoms with Crippen LogP contribution in [0.1, 0.15) is 76.8 Å². The zero-order valence-corrected chi connectivity index (χ0v) is 22.9. The molecule has 0 saturated carbocycles. The molecular weight excluding hydrogens is 456 g/mol. The molecular formula is C29H42N2O3S. The van der Waals surface area contributed by atoms with E-state index >= 15 is 0 Å². The van der Waals surface area contributed by atoms with Crippen LogP contribution < -0.4 is 20.1 Å². The van der Waals surface area contributed by atoms with Crippen molar-refractivity contribution in [3.8, 4) is 11.5 Å². The summed E-state index contributed by atoms with van der Waals surface area (Å²) >= 11 is 5.36. The van der Waals surface area contributed by atoms with Gasteiger partial charge in [0, 0.05) is 11.1 Å². The third-order valence-corrected chi connectivity index (χ3v) is 6.22. The Morgan fingerprint density at radius 3 is 2.31 bits per heavy atom. The third kappa shape index (κ3) is 10.7. The molecule has 0 bridgehead atoms. The Balaban J connectivity index is 1.70. The minimum Gasteiger partial charge on any atom is -0.494 e. The lowest BCUT2D eigenvalue weighted by molar-refractivity contribution is -0.128. The lowest BCUT2D eigenvalue weighted by atomic mass is 9.87. The van der Waals surface area contributed by atoms with Crippen molar-refractivity contribution in [2.45, 2.75) is 79.6 Å². The minimum atomic E-state index is -0.564. The molecule has 0 fully saturated rings. The van der Waals surface area contributed by atoms with Crippen molar-refractivity contribution in [1.29, 1.82) is 0 Å². The van der Waals surface area contributed by atoms with Crippen LogP contribution in [0.5, 0.6) is 11.5 Å². The van der Waals surface area contributed by atoms with Crippen LogP contribution in [0.3, 0.4) is 0 Å². The van der Waals surface area contributed by atoms with Crippen LogP contribution in [-0.2, 0) is 4.79 Å². The Morgan fingerprint density at radius 2 is 1.60 bits per heavy atom. The Kier molecular flexibility index (Phi) is 12.0. The molecule has 0 aliphatic rings. The predicted molar refractivity (Wildman–Crippen MR) is 149 cm³/mol. The molecule has 192 valence electrons. The fourth-order valence-electron chi connectivity index (χ4n) is 3.64. The summed E-state index contributed by atoms with van der Waals surface area (Å²) in [6.07, 6.45) is 7.55. The van der Waals surface area contributed by atoms with Gasteiger partial charge in [0.1, 0.15) is 11.5 Å². The summed E-state index contributed by atoms with van der Waals surface area (Å²) in [4.78, 5) is 12.8. The van der Waals surface area contributed by atoms with Gasteiger partial charge in [0.25, 0.3) is 0 Å². The van der Waals surface area contributed by atoms with E-state index in [0.717, 1.165) is 42.2 Å². The first-order valence-electron chi connectivity index (χ1n) is 12.8. The van der Waals surface area contributed by atoms with Crippen LogP contribution in [0.4, 0.5) is 5.69 Å². The average Bonchev–Trinajstić information content (AvgIpc) is 2.82. The van der Waals surface area contributed by atoms with E-state index in [2.05, 4.69) is 36.6 Å². The predicted octanol–water partition coefficient (Wildman–Crippen LogP) is 7.35. The lowest BCUT2D eigenvalue weighted by Gasteiger charge is -2.24. The summed E-state index contributed by atoms with van der Waals surface area (Å²) in [7, 11) is 0. The largest absolute Gasteiger partial charge is 0.494 e. The zero-order valence-electron chi connectivity index (χ0n) is 22.0. The Labute approximate surface area is 217 Å². The molecule has 2 aromatic carbocycles. The SMILES string of the molecule is CCCCCCCOc1ccc(NC(=S)NC(=O)C(C)(C)CCCOc2cc(C)ccc2C)cc1. The van der Waals surface area contributed by atoms with Gasteiger partial charge >= 0.3 is 0 Å².